The van der Waals surface area contributed by atoms with Gasteiger partial charge in [0, 0.05) is 22.3 Å². The van der Waals surface area contributed by atoms with Crippen molar-refractivity contribution in [3.05, 3.63) is 23.8 Å². The standard InChI is InChI=1S/C19H32OS/c1-14-9-8-12-18(4,5)17(14)11-10-16(3)21-19(6,7)13-15(2)20/h9-11,16-17H,8,12-13H2,1-7H3/b11-10+. The van der Waals surface area contributed by atoms with Crippen LogP contribution >= 0.6 is 11.8 Å². The van der Waals surface area contributed by atoms with Gasteiger partial charge in [-0.15, -0.1) is 11.8 Å². The van der Waals surface area contributed by atoms with Crippen LogP contribution in [0.4, 0.5) is 0 Å². The molecule has 0 amide bonds. The molecule has 0 bridgehead atoms. The Hall–Kier alpha value is -0.500. The summed E-state index contributed by atoms with van der Waals surface area (Å²) in [5.74, 6) is 0.820. The first-order valence-corrected chi connectivity index (χ1v) is 8.94. The van der Waals surface area contributed by atoms with Crippen LogP contribution in [-0.2, 0) is 4.79 Å². The summed E-state index contributed by atoms with van der Waals surface area (Å²) >= 11 is 1.89. The molecular weight excluding hydrogens is 276 g/mol. The maximum atomic E-state index is 11.3. The van der Waals surface area contributed by atoms with E-state index < -0.39 is 0 Å². The van der Waals surface area contributed by atoms with Crippen LogP contribution in [-0.4, -0.2) is 15.8 Å². The number of Topliss-reactive ketones (excluding diaryl/α,β-unsaturated/α-hetero) is 1. The number of ketones is 1. The van der Waals surface area contributed by atoms with E-state index in [0.29, 0.717) is 23.0 Å². The molecular formula is C19H32OS. The van der Waals surface area contributed by atoms with E-state index in [4.69, 9.17) is 0 Å². The van der Waals surface area contributed by atoms with E-state index in [1.165, 1.54) is 18.4 Å². The summed E-state index contributed by atoms with van der Waals surface area (Å²) in [6, 6.07) is 0. The van der Waals surface area contributed by atoms with Crippen LogP contribution in [0.15, 0.2) is 23.8 Å². The molecule has 1 aliphatic carbocycles. The van der Waals surface area contributed by atoms with Crippen molar-refractivity contribution in [2.45, 2.75) is 77.7 Å². The van der Waals surface area contributed by atoms with Crippen LogP contribution in [0.5, 0.6) is 0 Å². The zero-order valence-corrected chi connectivity index (χ0v) is 15.6. The molecule has 0 heterocycles. The largest absolute Gasteiger partial charge is 0.300 e. The minimum Gasteiger partial charge on any atom is -0.300 e. The number of allylic oxidation sites excluding steroid dienone is 3. The number of carbonyl (C=O) groups is 1. The third-order valence-electron chi connectivity index (χ3n) is 4.34. The van der Waals surface area contributed by atoms with Crippen molar-refractivity contribution in [3.63, 3.8) is 0 Å². The third kappa shape index (κ3) is 6.02. The van der Waals surface area contributed by atoms with Gasteiger partial charge in [0.15, 0.2) is 0 Å². The summed E-state index contributed by atoms with van der Waals surface area (Å²) in [6.45, 7) is 15.2. The van der Waals surface area contributed by atoms with Gasteiger partial charge in [0.25, 0.3) is 0 Å². The van der Waals surface area contributed by atoms with Gasteiger partial charge in [-0.05, 0) is 39.0 Å². The van der Waals surface area contributed by atoms with Crippen LogP contribution < -0.4 is 0 Å². The summed E-state index contributed by atoms with van der Waals surface area (Å²) in [6.07, 6.45) is 10.2. The third-order valence-corrected chi connectivity index (χ3v) is 5.65. The molecule has 120 valence electrons. The average Bonchev–Trinajstić information content (AvgIpc) is 2.24. The summed E-state index contributed by atoms with van der Waals surface area (Å²) in [7, 11) is 0. The van der Waals surface area contributed by atoms with Crippen LogP contribution in [0.25, 0.3) is 0 Å². The first-order valence-electron chi connectivity index (χ1n) is 8.06. The quantitative estimate of drug-likeness (QED) is 0.576. The average molecular weight is 309 g/mol. The Kier molecular flexibility index (Phi) is 6.34. The maximum Gasteiger partial charge on any atom is 0.131 e. The Labute approximate surface area is 135 Å². The summed E-state index contributed by atoms with van der Waals surface area (Å²) in [5.41, 5.74) is 1.86. The smallest absolute Gasteiger partial charge is 0.131 e. The van der Waals surface area contributed by atoms with Crippen molar-refractivity contribution in [3.8, 4) is 0 Å². The number of carbonyl (C=O) groups excluding carboxylic acids is 1. The Morgan fingerprint density at radius 2 is 2.14 bits per heavy atom. The van der Waals surface area contributed by atoms with Gasteiger partial charge >= 0.3 is 0 Å². The summed E-state index contributed by atoms with van der Waals surface area (Å²) in [4.78, 5) is 11.3. The topological polar surface area (TPSA) is 17.1 Å². The van der Waals surface area contributed by atoms with Gasteiger partial charge in [0.1, 0.15) is 5.78 Å². The lowest BCUT2D eigenvalue weighted by atomic mass is 9.68. The molecule has 1 rings (SSSR count). The van der Waals surface area contributed by atoms with Crippen LogP contribution in [0, 0.1) is 11.3 Å². The first-order chi connectivity index (χ1) is 9.53. The second kappa shape index (κ2) is 7.17. The lowest BCUT2D eigenvalue weighted by Gasteiger charge is -2.37. The van der Waals surface area contributed by atoms with E-state index in [0.717, 1.165) is 0 Å². The zero-order chi connectivity index (χ0) is 16.3. The Bertz CT molecular complexity index is 429. The lowest BCUT2D eigenvalue weighted by Crippen LogP contribution is -2.26. The highest BCUT2D eigenvalue weighted by Crippen LogP contribution is 2.42. The minimum atomic E-state index is 0.0164. The highest BCUT2D eigenvalue weighted by atomic mass is 32.2. The number of thioether (sulfide) groups is 1. The highest BCUT2D eigenvalue weighted by Gasteiger charge is 2.31. The molecule has 0 aromatic heterocycles. The molecule has 2 unspecified atom stereocenters. The first kappa shape index (κ1) is 18.5. The SMILES string of the molecule is CC(=O)CC(C)(C)SC(C)/C=C/C1C(C)=CCCC1(C)C. The van der Waals surface area contributed by atoms with Gasteiger partial charge in [-0.2, -0.15) is 0 Å². The zero-order valence-electron chi connectivity index (χ0n) is 14.8. The molecule has 0 radical (unpaired) electrons. The molecule has 0 aromatic carbocycles. The highest BCUT2D eigenvalue weighted by molar-refractivity contribution is 8.01. The van der Waals surface area contributed by atoms with Gasteiger partial charge in [-0.1, -0.05) is 51.5 Å². The second-order valence-electron chi connectivity index (χ2n) is 7.80. The fourth-order valence-corrected chi connectivity index (χ4v) is 4.90. The second-order valence-corrected chi connectivity index (χ2v) is 9.88. The Morgan fingerprint density at radius 3 is 2.67 bits per heavy atom. The van der Waals surface area contributed by atoms with E-state index in [1.807, 2.05) is 11.8 Å². The molecule has 2 heteroatoms. The fourth-order valence-electron chi connectivity index (χ4n) is 3.43. The van der Waals surface area contributed by atoms with Crippen LogP contribution in [0.2, 0.25) is 0 Å². The minimum absolute atomic E-state index is 0.0164. The van der Waals surface area contributed by atoms with Crippen molar-refractivity contribution in [2.75, 3.05) is 0 Å². The van der Waals surface area contributed by atoms with E-state index in [1.54, 1.807) is 6.92 Å². The van der Waals surface area contributed by atoms with Crippen LogP contribution in [0.3, 0.4) is 0 Å². The summed E-state index contributed by atoms with van der Waals surface area (Å²) in [5, 5.41) is 0.435. The lowest BCUT2D eigenvalue weighted by molar-refractivity contribution is -0.117. The monoisotopic (exact) mass is 308 g/mol. The molecule has 0 fully saturated rings. The van der Waals surface area contributed by atoms with Crippen molar-refractivity contribution >= 4 is 17.5 Å². The molecule has 2 atom stereocenters. The molecule has 1 nitrogen and oxygen atoms in total. The van der Waals surface area contributed by atoms with E-state index in [-0.39, 0.29) is 10.5 Å². The van der Waals surface area contributed by atoms with Crippen molar-refractivity contribution < 1.29 is 4.79 Å². The number of hydrogen-bond acceptors (Lipinski definition) is 2. The number of rotatable bonds is 6. The molecule has 0 saturated carbocycles. The Morgan fingerprint density at radius 1 is 1.52 bits per heavy atom. The molecule has 1 aliphatic rings. The molecule has 0 spiro atoms. The molecule has 21 heavy (non-hydrogen) atoms. The fraction of sp³-hybridized carbons (Fsp3) is 0.737. The normalized spacial score (nSPS) is 24.0. The van der Waals surface area contributed by atoms with Crippen molar-refractivity contribution in [2.24, 2.45) is 11.3 Å². The number of hydrogen-bond donors (Lipinski definition) is 0. The van der Waals surface area contributed by atoms with E-state index in [9.17, 15) is 4.79 Å². The van der Waals surface area contributed by atoms with Gasteiger partial charge in [0.05, 0.1) is 0 Å². The van der Waals surface area contributed by atoms with Gasteiger partial charge in [-0.3, -0.25) is 4.79 Å². The molecule has 0 N–H and O–H groups in total. The van der Waals surface area contributed by atoms with E-state index >= 15 is 0 Å². The van der Waals surface area contributed by atoms with E-state index in [2.05, 4.69) is 59.8 Å². The van der Waals surface area contributed by atoms with Crippen LogP contribution in [0.1, 0.15) is 67.7 Å². The molecule has 0 aliphatic heterocycles. The van der Waals surface area contributed by atoms with Gasteiger partial charge in [0.2, 0.25) is 0 Å². The maximum absolute atomic E-state index is 11.3. The van der Waals surface area contributed by atoms with Gasteiger partial charge < -0.3 is 0 Å². The molecule has 0 aromatic rings. The Balaban J connectivity index is 2.69. The predicted molar refractivity (Wildman–Crippen MR) is 95.8 cm³/mol. The van der Waals surface area contributed by atoms with Crippen molar-refractivity contribution in [1.29, 1.82) is 0 Å². The molecule has 0 saturated heterocycles. The van der Waals surface area contributed by atoms with Crippen molar-refractivity contribution in [1.82, 2.24) is 0 Å². The van der Waals surface area contributed by atoms with Gasteiger partial charge in [-0.25, -0.2) is 0 Å². The summed E-state index contributed by atoms with van der Waals surface area (Å²) < 4.78 is 0.0164. The predicted octanol–water partition coefficient (Wildman–Crippen LogP) is 5.80.